The first-order chi connectivity index (χ1) is 25.3. The smallest absolute Gasteiger partial charge is 0.431 e. The molecule has 55 heavy (non-hydrogen) atoms. The fraction of sp³-hybridized carbons (Fsp3) is 0.273. The van der Waals surface area contributed by atoms with Crippen LogP contribution in [0.3, 0.4) is 0 Å². The predicted molar refractivity (Wildman–Crippen MR) is 198 cm³/mol. The number of nitrogens with zero attached hydrogens (tertiary/aromatic N) is 3. The summed E-state index contributed by atoms with van der Waals surface area (Å²) in [6, 6.07) is 14.5. The summed E-state index contributed by atoms with van der Waals surface area (Å²) in [5, 5.41) is 19.0. The molecule has 2 atom stereocenters. The first-order valence-corrected chi connectivity index (χ1v) is 18.5. The molecule has 2 unspecified atom stereocenters. The second kappa shape index (κ2) is 19.4. The van der Waals surface area contributed by atoms with Crippen LogP contribution in [0.15, 0.2) is 76.3 Å². The quantitative estimate of drug-likeness (QED) is 0.0465. The van der Waals surface area contributed by atoms with Crippen LogP contribution in [0.1, 0.15) is 36.3 Å². The van der Waals surface area contributed by atoms with Crippen LogP contribution in [-0.2, 0) is 27.3 Å². The highest BCUT2D eigenvalue weighted by molar-refractivity contribution is 7.57. The Labute approximate surface area is 320 Å². The largest absolute Gasteiger partial charge is 0.480 e. The third kappa shape index (κ3) is 13.6. The van der Waals surface area contributed by atoms with Gasteiger partial charge in [-0.15, -0.1) is 0 Å². The second-order valence-electron chi connectivity index (χ2n) is 11.7. The van der Waals surface area contributed by atoms with Crippen molar-refractivity contribution in [3.05, 3.63) is 119 Å². The van der Waals surface area contributed by atoms with E-state index in [-0.39, 0.29) is 51.0 Å². The highest BCUT2D eigenvalue weighted by Crippen LogP contribution is 2.39. The Balaban J connectivity index is 0.000000312. The van der Waals surface area contributed by atoms with Crippen LogP contribution < -0.4 is 27.5 Å². The number of rotatable bonds is 10. The van der Waals surface area contributed by atoms with Crippen LogP contribution in [-0.4, -0.2) is 61.0 Å². The van der Waals surface area contributed by atoms with E-state index in [1.54, 1.807) is 38.1 Å². The highest BCUT2D eigenvalue weighted by atomic mass is 35.5. The molecule has 0 fully saturated rings. The zero-order chi connectivity index (χ0) is 42.0. The number of carbonyl (C=O) groups excluding carboxylic acids is 1. The second-order valence-corrected chi connectivity index (χ2v) is 15.0. The number of esters is 1. The van der Waals surface area contributed by atoms with Crippen molar-refractivity contribution in [2.24, 2.45) is 12.8 Å². The molecule has 0 amide bonds. The number of nitro benzene ring substituents is 1. The minimum Gasteiger partial charge on any atom is -0.480 e. The lowest BCUT2D eigenvalue weighted by molar-refractivity contribution is -0.383. The lowest BCUT2D eigenvalue weighted by Gasteiger charge is -2.15. The number of alkyl halides is 3. The van der Waals surface area contributed by atoms with E-state index in [1.165, 1.54) is 30.9 Å². The summed E-state index contributed by atoms with van der Waals surface area (Å²) >= 11 is 11.9. The molecule has 1 aromatic heterocycles. The van der Waals surface area contributed by atoms with Crippen molar-refractivity contribution in [3.63, 3.8) is 0 Å². The number of carbonyl (C=O) groups is 2. The third-order valence-corrected chi connectivity index (χ3v) is 8.65. The van der Waals surface area contributed by atoms with Crippen molar-refractivity contribution in [1.82, 2.24) is 9.13 Å². The van der Waals surface area contributed by atoms with E-state index in [0.717, 1.165) is 13.1 Å². The van der Waals surface area contributed by atoms with Gasteiger partial charge in [-0.05, 0) is 56.7 Å². The molecule has 6 N–H and O–H groups in total. The van der Waals surface area contributed by atoms with Gasteiger partial charge in [0, 0.05) is 32.0 Å². The van der Waals surface area contributed by atoms with Gasteiger partial charge in [-0.3, -0.25) is 28.8 Å². The fourth-order valence-electron chi connectivity index (χ4n) is 4.14. The summed E-state index contributed by atoms with van der Waals surface area (Å²) in [4.78, 5) is 65.4. The van der Waals surface area contributed by atoms with E-state index in [0.29, 0.717) is 21.0 Å². The van der Waals surface area contributed by atoms with Crippen molar-refractivity contribution < 1.29 is 51.7 Å². The maximum Gasteiger partial charge on any atom is 0.431 e. The number of para-hydroxylation sites is 1. The average Bonchev–Trinajstić information content (AvgIpc) is 3.07. The van der Waals surface area contributed by atoms with Gasteiger partial charge >= 0.3 is 23.8 Å². The Hall–Kier alpha value is -5.20. The fourth-order valence-corrected chi connectivity index (χ4v) is 5.29. The molecule has 0 saturated carbocycles. The van der Waals surface area contributed by atoms with Crippen LogP contribution in [0, 0.1) is 10.1 Å². The molecule has 0 radical (unpaired) electrons. The van der Waals surface area contributed by atoms with Gasteiger partial charge < -0.3 is 30.9 Å². The van der Waals surface area contributed by atoms with Crippen LogP contribution in [0.2, 0.25) is 10.0 Å². The number of anilines is 1. The molecule has 0 spiro atoms. The van der Waals surface area contributed by atoms with Crippen LogP contribution in [0.5, 0.6) is 11.5 Å². The van der Waals surface area contributed by atoms with Gasteiger partial charge in [0.05, 0.1) is 27.3 Å². The Morgan fingerprint density at radius 1 is 1.05 bits per heavy atom. The van der Waals surface area contributed by atoms with Crippen molar-refractivity contribution in [1.29, 1.82) is 0 Å². The highest BCUT2D eigenvalue weighted by Gasteiger charge is 2.35. The molecule has 0 aliphatic rings. The number of nitro groups is 1. The molecule has 16 nitrogen and oxygen atoms in total. The number of hydrogen-bond acceptors (Lipinski definition) is 11. The van der Waals surface area contributed by atoms with Gasteiger partial charge in [0.2, 0.25) is 0 Å². The summed E-state index contributed by atoms with van der Waals surface area (Å²) in [7, 11) is -2.21. The standard InChI is InChI=1S/C16H14ClF3N2O4.C12H9ClN2O3.C5H12NO4P/c1-8(2)26-14(24)10-6-9(4-5-11(10)17)22-13(23)7-12(16(18,19)20)21(3)15(22)25;13-11-10(18-8-4-2-1-3-5-8)7-6-9(12(11)14)15(16)17;1-11(9,10)3-2-4(6)5(7)8/h4-8H,1-3H3;1-7H,14H2;4H,2-3,6H2,1H3,(H,7,8)(H,9,10). The van der Waals surface area contributed by atoms with Crippen LogP contribution in [0.25, 0.3) is 5.69 Å². The normalized spacial score (nSPS) is 12.6. The molecule has 4 aromatic rings. The molecule has 3 aromatic carbocycles. The van der Waals surface area contributed by atoms with E-state index in [9.17, 15) is 47.0 Å². The van der Waals surface area contributed by atoms with Gasteiger partial charge in [-0.25, -0.2) is 14.2 Å². The predicted octanol–water partition coefficient (Wildman–Crippen LogP) is 6.08. The summed E-state index contributed by atoms with van der Waals surface area (Å²) in [6.07, 6.45) is -5.30. The SMILES string of the molecule is CC(C)OC(=O)c1cc(-n2c(=O)cc(C(F)(F)F)n(C)c2=O)ccc1Cl.CP(=O)(O)CCC(N)C(=O)O.Nc1c([N+](=O)[O-])ccc(Oc2ccccc2)c1Cl. The topological polar surface area (TPSA) is 249 Å². The first-order valence-electron chi connectivity index (χ1n) is 15.5. The first kappa shape index (κ1) is 46.0. The number of carboxylic acid groups (broad SMARTS) is 1. The number of hydrogen-bond donors (Lipinski definition) is 4. The van der Waals surface area contributed by atoms with E-state index in [1.807, 2.05) is 6.07 Å². The maximum atomic E-state index is 12.9. The number of aromatic nitrogens is 2. The summed E-state index contributed by atoms with van der Waals surface area (Å²) in [5.41, 5.74) is 6.33. The Morgan fingerprint density at radius 3 is 2.16 bits per heavy atom. The third-order valence-electron chi connectivity index (χ3n) is 6.84. The van der Waals surface area contributed by atoms with Gasteiger partial charge in [0.25, 0.3) is 11.2 Å². The lowest BCUT2D eigenvalue weighted by Crippen LogP contribution is -2.40. The van der Waals surface area contributed by atoms with Crippen molar-refractivity contribution >= 4 is 53.9 Å². The number of benzene rings is 3. The van der Waals surface area contributed by atoms with Crippen molar-refractivity contribution in [2.75, 3.05) is 18.6 Å². The van der Waals surface area contributed by atoms with E-state index in [4.69, 9.17) is 54.1 Å². The number of carboxylic acids is 1. The van der Waals surface area contributed by atoms with Crippen molar-refractivity contribution in [3.8, 4) is 17.2 Å². The minimum absolute atomic E-state index is 0.0104. The number of nitrogen functional groups attached to an aromatic ring is 1. The Morgan fingerprint density at radius 2 is 1.65 bits per heavy atom. The molecular formula is C33H35Cl2F3N5O11P. The van der Waals surface area contributed by atoms with E-state index < -0.39 is 59.5 Å². The van der Waals surface area contributed by atoms with Gasteiger partial charge in [-0.2, -0.15) is 13.2 Å². The molecule has 0 saturated heterocycles. The summed E-state index contributed by atoms with van der Waals surface area (Å²) < 4.78 is 60.7. The molecule has 0 aliphatic carbocycles. The molecule has 22 heteroatoms. The number of aliphatic carboxylic acids is 1. The molecule has 4 rings (SSSR count). The molecule has 298 valence electrons. The summed E-state index contributed by atoms with van der Waals surface area (Å²) in [5.74, 6) is -1.07. The lowest BCUT2D eigenvalue weighted by atomic mass is 10.2. The van der Waals surface area contributed by atoms with Gasteiger partial charge in [0.15, 0.2) is 7.37 Å². The molecule has 0 aliphatic heterocycles. The number of halogens is 5. The average molecular weight is 837 g/mol. The van der Waals surface area contributed by atoms with Gasteiger partial charge in [0.1, 0.15) is 33.9 Å². The minimum atomic E-state index is -4.86. The van der Waals surface area contributed by atoms with Crippen LogP contribution in [0.4, 0.5) is 24.5 Å². The molecule has 1 heterocycles. The number of ether oxygens (including phenoxy) is 2. The Kier molecular flexibility index (Phi) is 16.2. The molecule has 0 bridgehead atoms. The maximum absolute atomic E-state index is 12.9. The zero-order valence-electron chi connectivity index (χ0n) is 29.3. The van der Waals surface area contributed by atoms with Crippen molar-refractivity contribution in [2.45, 2.75) is 38.6 Å². The van der Waals surface area contributed by atoms with E-state index in [2.05, 4.69) is 0 Å². The number of nitrogens with two attached hydrogens (primary N) is 2. The monoisotopic (exact) mass is 835 g/mol. The van der Waals surface area contributed by atoms with E-state index >= 15 is 0 Å². The molecular weight excluding hydrogens is 801 g/mol. The zero-order valence-corrected chi connectivity index (χ0v) is 31.7. The summed E-state index contributed by atoms with van der Waals surface area (Å²) in [6.45, 7) is 4.42. The Bertz CT molecular complexity index is 2190. The van der Waals surface area contributed by atoms with Crippen LogP contribution >= 0.6 is 30.6 Å². The van der Waals surface area contributed by atoms with Gasteiger partial charge in [-0.1, -0.05) is 41.4 Å².